The summed E-state index contributed by atoms with van der Waals surface area (Å²) in [7, 11) is 0. The van der Waals surface area contributed by atoms with Crippen LogP contribution in [-0.2, 0) is 9.59 Å². The molecule has 0 spiro atoms. The molecule has 0 unspecified atom stereocenters. The molecule has 0 atom stereocenters. The monoisotopic (exact) mass is 490 g/mol. The van der Waals surface area contributed by atoms with Crippen LogP contribution in [0.25, 0.3) is 0 Å². The summed E-state index contributed by atoms with van der Waals surface area (Å²) in [6.07, 6.45) is 2.93. The Bertz CT molecular complexity index is 1170. The molecule has 36 heavy (non-hydrogen) atoms. The molecule has 0 saturated heterocycles. The number of hydrogen-bond acceptors (Lipinski definition) is 8. The minimum atomic E-state index is -0.443. The van der Waals surface area contributed by atoms with Crippen molar-refractivity contribution >= 4 is 24.2 Å². The number of nitrogens with one attached hydrogen (secondary N) is 2. The van der Waals surface area contributed by atoms with Crippen LogP contribution >= 0.6 is 0 Å². The van der Waals surface area contributed by atoms with Gasteiger partial charge in [0.05, 0.1) is 12.4 Å². The lowest BCUT2D eigenvalue weighted by atomic mass is 10.1. The highest BCUT2D eigenvalue weighted by Crippen LogP contribution is 2.18. The number of rotatable bonds is 10. The average Bonchev–Trinajstić information content (AvgIpc) is 2.86. The molecule has 3 aromatic carbocycles. The van der Waals surface area contributed by atoms with Gasteiger partial charge in [-0.25, -0.2) is 10.9 Å². The Morgan fingerprint density at radius 2 is 1.11 bits per heavy atom. The Morgan fingerprint density at radius 3 is 1.47 bits per heavy atom. The highest BCUT2D eigenvalue weighted by molar-refractivity contribution is 5.84. The first-order chi connectivity index (χ1) is 17.3. The maximum atomic E-state index is 11.9. The zero-order chi connectivity index (χ0) is 25.9. The molecule has 10 heteroatoms. The van der Waals surface area contributed by atoms with Gasteiger partial charge >= 0.3 is 0 Å². The van der Waals surface area contributed by atoms with E-state index in [1.807, 2.05) is 0 Å². The number of aromatic hydroxyl groups is 2. The van der Waals surface area contributed by atoms with Crippen LogP contribution in [0, 0.1) is 13.8 Å². The van der Waals surface area contributed by atoms with Crippen LogP contribution in [0.2, 0.25) is 0 Å². The normalized spacial score (nSPS) is 10.9. The Hall–Kier alpha value is -4.86. The summed E-state index contributed by atoms with van der Waals surface area (Å²) < 4.78 is 10.8. The molecule has 3 aromatic rings. The van der Waals surface area contributed by atoms with Crippen molar-refractivity contribution in [2.45, 2.75) is 13.8 Å². The third-order valence-electron chi connectivity index (χ3n) is 4.81. The van der Waals surface area contributed by atoms with Gasteiger partial charge in [-0.1, -0.05) is 0 Å². The van der Waals surface area contributed by atoms with E-state index >= 15 is 0 Å². The number of hydrazone groups is 2. The van der Waals surface area contributed by atoms with E-state index in [9.17, 15) is 19.8 Å². The highest BCUT2D eigenvalue weighted by atomic mass is 16.5. The van der Waals surface area contributed by atoms with Crippen LogP contribution in [-0.4, -0.2) is 47.7 Å². The van der Waals surface area contributed by atoms with Crippen molar-refractivity contribution in [3.05, 3.63) is 82.9 Å². The zero-order valence-electron chi connectivity index (χ0n) is 19.8. The predicted molar refractivity (Wildman–Crippen MR) is 135 cm³/mol. The molecule has 10 nitrogen and oxygen atoms in total. The summed E-state index contributed by atoms with van der Waals surface area (Å²) in [5.74, 6) is 0.372. The van der Waals surface area contributed by atoms with Gasteiger partial charge in [-0.2, -0.15) is 10.2 Å². The number of aryl methyl sites for hydroxylation is 2. The number of ether oxygens (including phenoxy) is 2. The second-order valence-corrected chi connectivity index (χ2v) is 7.73. The zero-order valence-corrected chi connectivity index (χ0v) is 19.8. The van der Waals surface area contributed by atoms with Gasteiger partial charge in [-0.15, -0.1) is 0 Å². The molecular weight excluding hydrogens is 464 g/mol. The Balaban J connectivity index is 1.36. The number of carbonyl (C=O) groups is 2. The molecule has 2 amide bonds. The van der Waals surface area contributed by atoms with Crippen molar-refractivity contribution in [1.82, 2.24) is 10.9 Å². The number of carbonyl (C=O) groups excluding carboxylic acids is 2. The van der Waals surface area contributed by atoms with Crippen molar-refractivity contribution in [2.75, 3.05) is 13.2 Å². The van der Waals surface area contributed by atoms with Gasteiger partial charge in [-0.3, -0.25) is 9.59 Å². The Kier molecular flexibility index (Phi) is 8.99. The van der Waals surface area contributed by atoms with Crippen LogP contribution in [0.3, 0.4) is 0 Å². The molecule has 0 radical (unpaired) electrons. The van der Waals surface area contributed by atoms with Crippen LogP contribution in [0.15, 0.2) is 70.9 Å². The fourth-order valence-corrected chi connectivity index (χ4v) is 2.87. The first-order valence-electron chi connectivity index (χ1n) is 10.9. The first-order valence-corrected chi connectivity index (χ1v) is 10.9. The van der Waals surface area contributed by atoms with Gasteiger partial charge in [-0.05, 0) is 96.8 Å². The Morgan fingerprint density at radius 1 is 0.722 bits per heavy atom. The maximum absolute atomic E-state index is 11.9. The van der Waals surface area contributed by atoms with E-state index in [4.69, 9.17) is 9.47 Å². The van der Waals surface area contributed by atoms with Crippen LogP contribution in [0.1, 0.15) is 22.3 Å². The molecular formula is C26H26N4O6. The maximum Gasteiger partial charge on any atom is 0.277 e. The molecule has 0 saturated carbocycles. The summed E-state index contributed by atoms with van der Waals surface area (Å²) in [4.78, 5) is 23.8. The molecule has 0 aliphatic heterocycles. The lowest BCUT2D eigenvalue weighted by Gasteiger charge is -2.08. The van der Waals surface area contributed by atoms with E-state index in [1.54, 1.807) is 74.5 Å². The van der Waals surface area contributed by atoms with Gasteiger partial charge in [0.1, 0.15) is 23.0 Å². The van der Waals surface area contributed by atoms with E-state index in [-0.39, 0.29) is 24.7 Å². The number of benzene rings is 3. The first kappa shape index (κ1) is 25.8. The predicted octanol–water partition coefficient (Wildman–Crippen LogP) is 2.77. The minimum Gasteiger partial charge on any atom is -0.508 e. The summed E-state index contributed by atoms with van der Waals surface area (Å²) in [5, 5.41) is 26.8. The van der Waals surface area contributed by atoms with Crippen molar-refractivity contribution in [2.24, 2.45) is 10.2 Å². The fraction of sp³-hybridized carbons (Fsp3) is 0.154. The molecule has 0 heterocycles. The lowest BCUT2D eigenvalue weighted by Crippen LogP contribution is -2.25. The lowest BCUT2D eigenvalue weighted by molar-refractivity contribution is -0.123. The molecule has 0 aliphatic carbocycles. The number of nitrogens with zero attached hydrogens (tertiary/aromatic N) is 2. The SMILES string of the molecule is Cc1cc(C=NNC(=O)COc2ccc(OCC(=O)NN=Cc3ccc(O)c(C)c3)cc2)ccc1O. The van der Waals surface area contributed by atoms with Crippen molar-refractivity contribution in [3.8, 4) is 23.0 Å². The minimum absolute atomic E-state index is 0.190. The van der Waals surface area contributed by atoms with E-state index in [1.165, 1.54) is 12.4 Å². The van der Waals surface area contributed by atoms with Crippen molar-refractivity contribution in [3.63, 3.8) is 0 Å². The summed E-state index contributed by atoms with van der Waals surface area (Å²) in [5.41, 5.74) is 7.60. The van der Waals surface area contributed by atoms with E-state index < -0.39 is 11.8 Å². The third kappa shape index (κ3) is 8.17. The summed E-state index contributed by atoms with van der Waals surface area (Å²) >= 11 is 0. The van der Waals surface area contributed by atoms with Crippen molar-refractivity contribution in [1.29, 1.82) is 0 Å². The Labute approximate surface area is 207 Å². The molecule has 186 valence electrons. The van der Waals surface area contributed by atoms with E-state index in [0.29, 0.717) is 22.6 Å². The second-order valence-electron chi connectivity index (χ2n) is 7.73. The third-order valence-corrected chi connectivity index (χ3v) is 4.81. The van der Waals surface area contributed by atoms with Gasteiger partial charge in [0.15, 0.2) is 13.2 Å². The van der Waals surface area contributed by atoms with Gasteiger partial charge in [0.25, 0.3) is 11.8 Å². The van der Waals surface area contributed by atoms with E-state index in [2.05, 4.69) is 21.1 Å². The second kappa shape index (κ2) is 12.6. The average molecular weight is 491 g/mol. The largest absolute Gasteiger partial charge is 0.508 e. The standard InChI is InChI=1S/C26H26N4O6/c1-17-11-19(3-9-23(17)31)13-27-29-25(33)15-35-21-5-7-22(8-6-21)36-16-26(34)30-28-14-20-4-10-24(32)18(2)12-20/h3-14,31-32H,15-16H2,1-2H3,(H,29,33)(H,30,34). The number of phenolic OH excluding ortho intramolecular Hbond substituents is 2. The molecule has 3 rings (SSSR count). The van der Waals surface area contributed by atoms with Gasteiger partial charge in [0, 0.05) is 0 Å². The molecule has 0 bridgehead atoms. The molecule has 0 fully saturated rings. The van der Waals surface area contributed by atoms with E-state index in [0.717, 1.165) is 11.1 Å². The molecule has 4 N–H and O–H groups in total. The van der Waals surface area contributed by atoms with Crippen LogP contribution in [0.4, 0.5) is 0 Å². The quantitative estimate of drug-likeness (QED) is 0.254. The van der Waals surface area contributed by atoms with Crippen molar-refractivity contribution < 1.29 is 29.3 Å². The molecule has 0 aromatic heterocycles. The number of amides is 2. The fourth-order valence-electron chi connectivity index (χ4n) is 2.87. The number of hydrogen-bond donors (Lipinski definition) is 4. The smallest absolute Gasteiger partial charge is 0.277 e. The highest BCUT2D eigenvalue weighted by Gasteiger charge is 2.05. The molecule has 0 aliphatic rings. The van der Waals surface area contributed by atoms with Crippen LogP contribution in [0.5, 0.6) is 23.0 Å². The number of phenols is 2. The summed E-state index contributed by atoms with van der Waals surface area (Å²) in [6, 6.07) is 16.3. The van der Waals surface area contributed by atoms with Gasteiger partial charge in [0.2, 0.25) is 0 Å². The van der Waals surface area contributed by atoms with Gasteiger partial charge < -0.3 is 19.7 Å². The topological polar surface area (TPSA) is 142 Å². The summed E-state index contributed by atoms with van der Waals surface area (Å²) in [6.45, 7) is 3.04. The van der Waals surface area contributed by atoms with Crippen LogP contribution < -0.4 is 20.3 Å².